The molecule has 2 aliphatic rings. The molecule has 7 heteroatoms. The maximum atomic E-state index is 12.9. The molecule has 2 aromatic rings. The standard InChI is InChI=1S/C20H24N2O4S/c1-14-9-17(11-20(23)21(14)2)26-18-12-22(13-18)27(24,25)19-8-7-15-5-3-4-6-16(15)10-19/h7-11,18H,3-6,12-13H2,1-2H3. The van der Waals surface area contributed by atoms with Crippen molar-refractivity contribution in [1.82, 2.24) is 8.87 Å². The number of fused-ring (bicyclic) bond motifs is 1. The van der Waals surface area contributed by atoms with Crippen LogP contribution in [0.5, 0.6) is 5.75 Å². The average molecular weight is 388 g/mol. The van der Waals surface area contributed by atoms with Gasteiger partial charge in [-0.3, -0.25) is 4.79 Å². The summed E-state index contributed by atoms with van der Waals surface area (Å²) in [4.78, 5) is 12.2. The molecule has 144 valence electrons. The van der Waals surface area contributed by atoms with Gasteiger partial charge in [0.1, 0.15) is 11.9 Å². The van der Waals surface area contributed by atoms with E-state index in [2.05, 4.69) is 0 Å². The highest BCUT2D eigenvalue weighted by Gasteiger charge is 2.38. The summed E-state index contributed by atoms with van der Waals surface area (Å²) < 4.78 is 34.5. The van der Waals surface area contributed by atoms with Crippen LogP contribution in [0.3, 0.4) is 0 Å². The Morgan fingerprint density at radius 1 is 1.04 bits per heavy atom. The van der Waals surface area contributed by atoms with E-state index in [4.69, 9.17) is 4.74 Å². The Balaban J connectivity index is 1.45. The van der Waals surface area contributed by atoms with Crippen LogP contribution < -0.4 is 10.3 Å². The highest BCUT2D eigenvalue weighted by molar-refractivity contribution is 7.89. The summed E-state index contributed by atoms with van der Waals surface area (Å²) >= 11 is 0. The minimum atomic E-state index is -3.50. The molecule has 4 rings (SSSR count). The second-order valence-corrected chi connectivity index (χ2v) is 9.37. The molecule has 27 heavy (non-hydrogen) atoms. The fourth-order valence-electron chi connectivity index (χ4n) is 3.69. The Bertz CT molecular complexity index is 1040. The lowest BCUT2D eigenvalue weighted by atomic mass is 9.92. The van der Waals surface area contributed by atoms with E-state index in [1.165, 1.54) is 22.4 Å². The number of rotatable bonds is 4. The Morgan fingerprint density at radius 2 is 1.74 bits per heavy atom. The smallest absolute Gasteiger partial charge is 0.254 e. The van der Waals surface area contributed by atoms with Crippen molar-refractivity contribution in [3.8, 4) is 5.75 Å². The molecule has 1 aliphatic carbocycles. The quantitative estimate of drug-likeness (QED) is 0.804. The van der Waals surface area contributed by atoms with Crippen molar-refractivity contribution >= 4 is 10.0 Å². The molecule has 0 unspecified atom stereocenters. The zero-order valence-corrected chi connectivity index (χ0v) is 16.5. The monoisotopic (exact) mass is 388 g/mol. The molecule has 1 aromatic carbocycles. The summed E-state index contributed by atoms with van der Waals surface area (Å²) in [5.74, 6) is 0.492. The second kappa shape index (κ2) is 6.80. The number of ether oxygens (including phenoxy) is 1. The van der Waals surface area contributed by atoms with E-state index < -0.39 is 10.0 Å². The van der Waals surface area contributed by atoms with Gasteiger partial charge in [0.25, 0.3) is 5.56 Å². The molecular weight excluding hydrogens is 364 g/mol. The van der Waals surface area contributed by atoms with Crippen molar-refractivity contribution < 1.29 is 13.2 Å². The van der Waals surface area contributed by atoms with Crippen molar-refractivity contribution in [2.75, 3.05) is 13.1 Å². The lowest BCUT2D eigenvalue weighted by molar-refractivity contribution is 0.0759. The normalized spacial score (nSPS) is 18.0. The second-order valence-electron chi connectivity index (χ2n) is 7.43. The minimum absolute atomic E-state index is 0.136. The highest BCUT2D eigenvalue weighted by Crippen LogP contribution is 2.28. The maximum absolute atomic E-state index is 12.9. The molecule has 1 saturated heterocycles. The first-order valence-corrected chi connectivity index (χ1v) is 10.7. The van der Waals surface area contributed by atoms with Gasteiger partial charge in [-0.2, -0.15) is 4.31 Å². The van der Waals surface area contributed by atoms with E-state index in [0.717, 1.165) is 30.5 Å². The molecule has 0 bridgehead atoms. The first-order chi connectivity index (χ1) is 12.8. The van der Waals surface area contributed by atoms with E-state index in [1.54, 1.807) is 23.7 Å². The van der Waals surface area contributed by atoms with E-state index in [0.29, 0.717) is 23.7 Å². The Kier molecular flexibility index (Phi) is 4.60. The predicted molar refractivity (Wildman–Crippen MR) is 103 cm³/mol. The summed E-state index contributed by atoms with van der Waals surface area (Å²) in [6, 6.07) is 8.74. The van der Waals surface area contributed by atoms with E-state index in [9.17, 15) is 13.2 Å². The van der Waals surface area contributed by atoms with Gasteiger partial charge in [-0.15, -0.1) is 0 Å². The van der Waals surface area contributed by atoms with Gasteiger partial charge >= 0.3 is 0 Å². The van der Waals surface area contributed by atoms with Crippen LogP contribution in [-0.4, -0.2) is 36.5 Å². The largest absolute Gasteiger partial charge is 0.487 e. The molecule has 1 aliphatic heterocycles. The molecule has 0 saturated carbocycles. The Hall–Kier alpha value is -2.12. The van der Waals surface area contributed by atoms with Gasteiger partial charge in [-0.1, -0.05) is 6.07 Å². The highest BCUT2D eigenvalue weighted by atomic mass is 32.2. The number of aromatic nitrogens is 1. The van der Waals surface area contributed by atoms with Crippen LogP contribution in [0.4, 0.5) is 0 Å². The summed E-state index contributed by atoms with van der Waals surface area (Å²) in [6.07, 6.45) is 4.04. The van der Waals surface area contributed by atoms with Crippen LogP contribution in [0, 0.1) is 6.92 Å². The van der Waals surface area contributed by atoms with Crippen LogP contribution in [0.1, 0.15) is 29.7 Å². The molecule has 0 amide bonds. The number of pyridine rings is 1. The lowest BCUT2D eigenvalue weighted by Gasteiger charge is -2.38. The van der Waals surface area contributed by atoms with Gasteiger partial charge in [0, 0.05) is 18.8 Å². The number of hydrogen-bond donors (Lipinski definition) is 0. The number of hydrogen-bond acceptors (Lipinski definition) is 4. The van der Waals surface area contributed by atoms with Gasteiger partial charge in [0.15, 0.2) is 0 Å². The molecule has 2 heterocycles. The van der Waals surface area contributed by atoms with Gasteiger partial charge in [0.2, 0.25) is 10.0 Å². The van der Waals surface area contributed by atoms with Crippen LogP contribution in [0.15, 0.2) is 40.0 Å². The zero-order valence-electron chi connectivity index (χ0n) is 15.6. The van der Waals surface area contributed by atoms with E-state index >= 15 is 0 Å². The third-order valence-electron chi connectivity index (χ3n) is 5.55. The predicted octanol–water partition coefficient (Wildman–Crippen LogP) is 2.02. The van der Waals surface area contributed by atoms with E-state index in [1.807, 2.05) is 19.1 Å². The SMILES string of the molecule is Cc1cc(OC2CN(S(=O)(=O)c3ccc4c(c3)CCCC4)C2)cc(=O)n1C. The van der Waals surface area contributed by atoms with Gasteiger partial charge in [-0.05, 0) is 61.9 Å². The third-order valence-corrected chi connectivity index (χ3v) is 7.38. The van der Waals surface area contributed by atoms with Crippen LogP contribution in [0.25, 0.3) is 0 Å². The summed E-state index contributed by atoms with van der Waals surface area (Å²) in [5.41, 5.74) is 3.09. The summed E-state index contributed by atoms with van der Waals surface area (Å²) in [5, 5.41) is 0. The van der Waals surface area contributed by atoms with Crippen molar-refractivity contribution in [2.45, 2.75) is 43.6 Å². The van der Waals surface area contributed by atoms with Gasteiger partial charge in [0.05, 0.1) is 18.0 Å². The zero-order chi connectivity index (χ0) is 19.2. The molecule has 0 spiro atoms. The van der Waals surface area contributed by atoms with Crippen LogP contribution in [0.2, 0.25) is 0 Å². The summed E-state index contributed by atoms with van der Waals surface area (Å²) in [7, 11) is -1.79. The Labute approximate surface area is 159 Å². The van der Waals surface area contributed by atoms with Crippen molar-refractivity contribution in [2.24, 2.45) is 7.05 Å². The molecule has 0 radical (unpaired) electrons. The first-order valence-electron chi connectivity index (χ1n) is 9.31. The fraction of sp³-hybridized carbons (Fsp3) is 0.450. The molecule has 6 nitrogen and oxygen atoms in total. The number of nitrogens with zero attached hydrogens (tertiary/aromatic N) is 2. The van der Waals surface area contributed by atoms with Crippen LogP contribution in [-0.2, 0) is 29.9 Å². The van der Waals surface area contributed by atoms with Crippen molar-refractivity contribution in [3.05, 3.63) is 57.5 Å². The number of sulfonamides is 1. The maximum Gasteiger partial charge on any atom is 0.254 e. The topological polar surface area (TPSA) is 68.6 Å². The number of benzene rings is 1. The minimum Gasteiger partial charge on any atom is -0.487 e. The lowest BCUT2D eigenvalue weighted by Crippen LogP contribution is -2.56. The van der Waals surface area contributed by atoms with Crippen molar-refractivity contribution in [3.63, 3.8) is 0 Å². The molecular formula is C20H24N2O4S. The molecule has 0 atom stereocenters. The average Bonchev–Trinajstić information content (AvgIpc) is 2.61. The van der Waals surface area contributed by atoms with Crippen molar-refractivity contribution in [1.29, 1.82) is 0 Å². The van der Waals surface area contributed by atoms with Gasteiger partial charge < -0.3 is 9.30 Å². The van der Waals surface area contributed by atoms with E-state index in [-0.39, 0.29) is 11.7 Å². The molecule has 1 fully saturated rings. The number of aryl methyl sites for hydroxylation is 3. The first kappa shape index (κ1) is 18.3. The Morgan fingerprint density at radius 3 is 2.44 bits per heavy atom. The molecule has 1 aromatic heterocycles. The fourth-order valence-corrected chi connectivity index (χ4v) is 5.24. The summed E-state index contributed by atoms with van der Waals surface area (Å²) in [6.45, 7) is 2.43. The van der Waals surface area contributed by atoms with Gasteiger partial charge in [-0.25, -0.2) is 8.42 Å². The third kappa shape index (κ3) is 3.41. The van der Waals surface area contributed by atoms with Crippen LogP contribution >= 0.6 is 0 Å². The molecule has 0 N–H and O–H groups in total.